The Bertz CT molecular complexity index is 806. The summed E-state index contributed by atoms with van der Waals surface area (Å²) in [5.41, 5.74) is 0.516. The van der Waals surface area contributed by atoms with Crippen LogP contribution in [0.1, 0.15) is 19.4 Å². The van der Waals surface area contributed by atoms with E-state index < -0.39 is 0 Å². The third-order valence-electron chi connectivity index (χ3n) is 4.56. The van der Waals surface area contributed by atoms with Crippen molar-refractivity contribution in [3.05, 3.63) is 34.6 Å². The van der Waals surface area contributed by atoms with Crippen molar-refractivity contribution in [2.45, 2.75) is 24.7 Å². The Labute approximate surface area is 183 Å². The molecule has 1 fully saturated rings. The Morgan fingerprint density at radius 1 is 1.31 bits per heavy atom. The molecule has 0 atom stereocenters. The molecule has 0 aliphatic carbocycles. The smallest absolute Gasteiger partial charge is 0.233 e. The molecule has 0 bridgehead atoms. The van der Waals surface area contributed by atoms with Crippen molar-refractivity contribution < 1.29 is 9.18 Å². The minimum Gasteiger partial charge on any atom is -0.360 e. The van der Waals surface area contributed by atoms with Crippen LogP contribution in [0.15, 0.2) is 22.5 Å². The number of piperazine rings is 1. The molecule has 0 radical (unpaired) electrons. The SMILES string of the molecule is CC(C)CNc1nnc(SCC(=O)N2CCN(Cc3c(F)cccc3Cl)CC2)s1. The Morgan fingerprint density at radius 2 is 2.07 bits per heavy atom. The third kappa shape index (κ3) is 6.53. The number of halogens is 2. The van der Waals surface area contributed by atoms with Gasteiger partial charge in [0.05, 0.1) is 5.75 Å². The highest BCUT2D eigenvalue weighted by Gasteiger charge is 2.23. The van der Waals surface area contributed by atoms with Gasteiger partial charge in [0.1, 0.15) is 5.82 Å². The van der Waals surface area contributed by atoms with E-state index in [1.807, 2.05) is 4.90 Å². The highest BCUT2D eigenvalue weighted by atomic mass is 35.5. The number of hydrogen-bond donors (Lipinski definition) is 1. The van der Waals surface area contributed by atoms with Crippen molar-refractivity contribution in [3.8, 4) is 0 Å². The fraction of sp³-hybridized carbons (Fsp3) is 0.526. The molecule has 3 rings (SSSR count). The number of nitrogens with one attached hydrogen (secondary N) is 1. The van der Waals surface area contributed by atoms with Gasteiger partial charge >= 0.3 is 0 Å². The quantitative estimate of drug-likeness (QED) is 0.608. The summed E-state index contributed by atoms with van der Waals surface area (Å²) >= 11 is 9.00. The number of aromatic nitrogens is 2. The second-order valence-corrected chi connectivity index (χ2v) is 9.90. The molecule has 1 aliphatic rings. The first-order valence-corrected chi connectivity index (χ1v) is 11.7. The fourth-order valence-corrected chi connectivity index (χ4v) is 4.79. The number of thioether (sulfide) groups is 1. The number of hydrogen-bond acceptors (Lipinski definition) is 7. The molecular weight excluding hydrogens is 433 g/mol. The molecule has 1 aliphatic heterocycles. The van der Waals surface area contributed by atoms with Gasteiger partial charge in [-0.2, -0.15) is 0 Å². The summed E-state index contributed by atoms with van der Waals surface area (Å²) in [6.45, 7) is 8.22. The van der Waals surface area contributed by atoms with Gasteiger partial charge in [-0.15, -0.1) is 10.2 Å². The maximum Gasteiger partial charge on any atom is 0.233 e. The van der Waals surface area contributed by atoms with E-state index in [0.717, 1.165) is 16.0 Å². The molecule has 2 heterocycles. The second-order valence-electron chi connectivity index (χ2n) is 7.29. The Hall–Kier alpha value is -1.42. The van der Waals surface area contributed by atoms with Crippen LogP contribution < -0.4 is 5.32 Å². The predicted octanol–water partition coefficient (Wildman–Crippen LogP) is 3.84. The van der Waals surface area contributed by atoms with E-state index >= 15 is 0 Å². The molecular formula is C19H25ClFN5OS2. The average Bonchev–Trinajstić information content (AvgIpc) is 3.16. The van der Waals surface area contributed by atoms with Gasteiger partial charge in [-0.1, -0.05) is 54.6 Å². The van der Waals surface area contributed by atoms with Crippen LogP contribution in [0.5, 0.6) is 0 Å². The maximum absolute atomic E-state index is 14.0. The summed E-state index contributed by atoms with van der Waals surface area (Å²) in [5, 5.41) is 12.7. The Morgan fingerprint density at radius 3 is 2.76 bits per heavy atom. The zero-order valence-corrected chi connectivity index (χ0v) is 18.9. The molecule has 0 saturated carbocycles. The Balaban J connectivity index is 1.42. The van der Waals surface area contributed by atoms with E-state index in [1.54, 1.807) is 12.1 Å². The normalized spacial score (nSPS) is 15.1. The van der Waals surface area contributed by atoms with Crippen LogP contribution in [0.25, 0.3) is 0 Å². The molecule has 1 aromatic carbocycles. The van der Waals surface area contributed by atoms with Gasteiger partial charge in [-0.3, -0.25) is 9.69 Å². The Kier molecular flexibility index (Phi) is 8.11. The molecule has 2 aromatic rings. The van der Waals surface area contributed by atoms with Crippen molar-refractivity contribution >= 4 is 45.7 Å². The minimum absolute atomic E-state index is 0.0884. The first kappa shape index (κ1) is 22.3. The molecule has 1 amide bonds. The lowest BCUT2D eigenvalue weighted by molar-refractivity contribution is -0.130. The lowest BCUT2D eigenvalue weighted by atomic mass is 10.2. The number of amides is 1. The van der Waals surface area contributed by atoms with Crippen LogP contribution in [-0.4, -0.2) is 64.4 Å². The molecule has 1 aromatic heterocycles. The van der Waals surface area contributed by atoms with E-state index in [-0.39, 0.29) is 11.7 Å². The number of carbonyl (C=O) groups excluding carboxylic acids is 1. The van der Waals surface area contributed by atoms with Gasteiger partial charge in [-0.25, -0.2) is 4.39 Å². The lowest BCUT2D eigenvalue weighted by Crippen LogP contribution is -2.48. The summed E-state index contributed by atoms with van der Waals surface area (Å²) in [6.07, 6.45) is 0. The number of carbonyl (C=O) groups is 1. The van der Waals surface area contributed by atoms with E-state index in [2.05, 4.69) is 34.3 Å². The van der Waals surface area contributed by atoms with E-state index in [9.17, 15) is 9.18 Å². The van der Waals surface area contributed by atoms with Crippen molar-refractivity contribution in [3.63, 3.8) is 0 Å². The maximum atomic E-state index is 14.0. The minimum atomic E-state index is -0.285. The van der Waals surface area contributed by atoms with Crippen LogP contribution in [0.4, 0.5) is 9.52 Å². The summed E-state index contributed by atoms with van der Waals surface area (Å²) in [6, 6.07) is 4.74. The van der Waals surface area contributed by atoms with Crippen molar-refractivity contribution in [2.24, 2.45) is 5.92 Å². The summed E-state index contributed by atoms with van der Waals surface area (Å²) in [5.74, 6) is 0.680. The molecule has 1 saturated heterocycles. The molecule has 29 heavy (non-hydrogen) atoms. The molecule has 1 N–H and O–H groups in total. The molecule has 0 spiro atoms. The highest BCUT2D eigenvalue weighted by molar-refractivity contribution is 8.01. The van der Waals surface area contributed by atoms with Gasteiger partial charge in [0.2, 0.25) is 11.0 Å². The summed E-state index contributed by atoms with van der Waals surface area (Å²) in [7, 11) is 0. The fourth-order valence-electron chi connectivity index (χ4n) is 2.91. The first-order valence-electron chi connectivity index (χ1n) is 9.55. The lowest BCUT2D eigenvalue weighted by Gasteiger charge is -2.34. The zero-order chi connectivity index (χ0) is 20.8. The number of anilines is 1. The first-order chi connectivity index (χ1) is 13.9. The van der Waals surface area contributed by atoms with E-state index in [1.165, 1.54) is 29.2 Å². The van der Waals surface area contributed by atoms with Crippen molar-refractivity contribution in [2.75, 3.05) is 43.8 Å². The monoisotopic (exact) mass is 457 g/mol. The number of rotatable bonds is 8. The molecule has 0 unspecified atom stereocenters. The van der Waals surface area contributed by atoms with Crippen molar-refractivity contribution in [1.82, 2.24) is 20.0 Å². The largest absolute Gasteiger partial charge is 0.360 e. The standard InChI is InChI=1S/C19H25ClFN5OS2/c1-13(2)10-22-18-23-24-19(29-18)28-12-17(27)26-8-6-25(7-9-26)11-14-15(20)4-3-5-16(14)21/h3-5,13H,6-12H2,1-2H3,(H,22,23). The average molecular weight is 458 g/mol. The summed E-state index contributed by atoms with van der Waals surface area (Å²) in [4.78, 5) is 16.5. The summed E-state index contributed by atoms with van der Waals surface area (Å²) < 4.78 is 14.8. The van der Waals surface area contributed by atoms with Crippen LogP contribution in [0.2, 0.25) is 5.02 Å². The molecule has 6 nitrogen and oxygen atoms in total. The number of benzene rings is 1. The van der Waals surface area contributed by atoms with Crippen LogP contribution in [0.3, 0.4) is 0 Å². The second kappa shape index (κ2) is 10.6. The van der Waals surface area contributed by atoms with Gasteiger partial charge < -0.3 is 10.2 Å². The van der Waals surface area contributed by atoms with Gasteiger partial charge in [0.15, 0.2) is 4.34 Å². The highest BCUT2D eigenvalue weighted by Crippen LogP contribution is 2.26. The van der Waals surface area contributed by atoms with Crippen molar-refractivity contribution in [1.29, 1.82) is 0 Å². The molecule has 10 heteroatoms. The van der Waals surface area contributed by atoms with Crippen LogP contribution >= 0.6 is 34.7 Å². The number of nitrogens with zero attached hydrogens (tertiary/aromatic N) is 4. The molecule has 158 valence electrons. The third-order valence-corrected chi connectivity index (χ3v) is 6.91. The van der Waals surface area contributed by atoms with E-state index in [4.69, 9.17) is 11.6 Å². The van der Waals surface area contributed by atoms with Gasteiger partial charge in [-0.05, 0) is 18.1 Å². The van der Waals surface area contributed by atoms with Crippen LogP contribution in [0, 0.1) is 11.7 Å². The van der Waals surface area contributed by atoms with Gasteiger partial charge in [0, 0.05) is 49.9 Å². The topological polar surface area (TPSA) is 61.4 Å². The van der Waals surface area contributed by atoms with Crippen LogP contribution in [-0.2, 0) is 11.3 Å². The van der Waals surface area contributed by atoms with Gasteiger partial charge in [0.25, 0.3) is 0 Å². The predicted molar refractivity (Wildman–Crippen MR) is 117 cm³/mol. The zero-order valence-electron chi connectivity index (χ0n) is 16.5. The van der Waals surface area contributed by atoms with E-state index in [0.29, 0.717) is 55.0 Å².